The van der Waals surface area contributed by atoms with Gasteiger partial charge in [0.2, 0.25) is 0 Å². The molecule has 0 aliphatic rings. The highest BCUT2D eigenvalue weighted by molar-refractivity contribution is 6.31. The smallest absolute Gasteiger partial charge is 0.417 e. The molecular weight excluding hydrogens is 373 g/mol. The van der Waals surface area contributed by atoms with Crippen molar-refractivity contribution >= 4 is 23.4 Å². The molecule has 0 spiro atoms. The lowest BCUT2D eigenvalue weighted by Gasteiger charge is -2.13. The van der Waals surface area contributed by atoms with Gasteiger partial charge < -0.3 is 9.47 Å². The molecular formula is C18H14ClF3O4. The van der Waals surface area contributed by atoms with E-state index in [0.29, 0.717) is 5.56 Å². The molecule has 26 heavy (non-hydrogen) atoms. The van der Waals surface area contributed by atoms with Gasteiger partial charge in [-0.15, -0.1) is 0 Å². The van der Waals surface area contributed by atoms with E-state index in [4.69, 9.17) is 16.3 Å². The Labute approximate surface area is 152 Å². The molecule has 0 radical (unpaired) electrons. The van der Waals surface area contributed by atoms with Crippen LogP contribution < -0.4 is 4.74 Å². The van der Waals surface area contributed by atoms with Crippen molar-refractivity contribution in [2.75, 3.05) is 7.11 Å². The first kappa shape index (κ1) is 19.8. The highest BCUT2D eigenvalue weighted by atomic mass is 35.5. The van der Waals surface area contributed by atoms with Gasteiger partial charge in [0.15, 0.2) is 0 Å². The van der Waals surface area contributed by atoms with Crippen LogP contribution >= 0.6 is 11.6 Å². The van der Waals surface area contributed by atoms with Crippen LogP contribution in [0.4, 0.5) is 13.2 Å². The maximum absolute atomic E-state index is 12.7. The zero-order chi connectivity index (χ0) is 19.5. The van der Waals surface area contributed by atoms with Crippen molar-refractivity contribution in [1.82, 2.24) is 0 Å². The second kappa shape index (κ2) is 7.78. The minimum Gasteiger partial charge on any atom is -0.465 e. The van der Waals surface area contributed by atoms with Crippen molar-refractivity contribution in [1.29, 1.82) is 0 Å². The fraction of sp³-hybridized carbons (Fsp3) is 0.222. The third kappa shape index (κ3) is 4.76. The van der Waals surface area contributed by atoms with E-state index in [1.807, 2.05) is 0 Å². The van der Waals surface area contributed by atoms with E-state index in [1.165, 1.54) is 32.2 Å². The first-order valence-electron chi connectivity index (χ1n) is 7.37. The number of rotatable bonds is 5. The third-order valence-corrected chi connectivity index (χ3v) is 3.72. The average molecular weight is 387 g/mol. The van der Waals surface area contributed by atoms with E-state index in [2.05, 4.69) is 4.74 Å². The van der Waals surface area contributed by atoms with Crippen LogP contribution in [0.15, 0.2) is 36.4 Å². The van der Waals surface area contributed by atoms with Gasteiger partial charge in [0.25, 0.3) is 0 Å². The number of hydrogen-bond acceptors (Lipinski definition) is 4. The molecule has 8 heteroatoms. The average Bonchev–Trinajstić information content (AvgIpc) is 2.54. The predicted octanol–water partition coefficient (Wildman–Crippen LogP) is 5.07. The summed E-state index contributed by atoms with van der Waals surface area (Å²) < 4.78 is 48.4. The maximum atomic E-state index is 12.7. The van der Waals surface area contributed by atoms with Crippen LogP contribution in [-0.4, -0.2) is 18.9 Å². The summed E-state index contributed by atoms with van der Waals surface area (Å²) in [7, 11) is 1.20. The van der Waals surface area contributed by atoms with E-state index in [0.717, 1.165) is 18.2 Å². The van der Waals surface area contributed by atoms with Crippen LogP contribution in [0.1, 0.15) is 28.4 Å². The Kier molecular flexibility index (Phi) is 5.92. The van der Waals surface area contributed by atoms with Crippen molar-refractivity contribution in [3.05, 3.63) is 58.1 Å². The van der Waals surface area contributed by atoms with Crippen molar-refractivity contribution in [2.45, 2.75) is 19.5 Å². The largest absolute Gasteiger partial charge is 0.465 e. The summed E-state index contributed by atoms with van der Waals surface area (Å²) >= 11 is 5.66. The van der Waals surface area contributed by atoms with Crippen LogP contribution in [0.5, 0.6) is 11.5 Å². The zero-order valence-corrected chi connectivity index (χ0v) is 14.6. The number of carbonyl (C=O) groups is 2. The number of benzene rings is 2. The van der Waals surface area contributed by atoms with Crippen LogP contribution in [-0.2, 0) is 22.1 Å². The Hall–Kier alpha value is -2.54. The number of ether oxygens (including phenoxy) is 2. The molecule has 0 fully saturated rings. The highest BCUT2D eigenvalue weighted by Crippen LogP contribution is 2.37. The molecule has 4 nitrogen and oxygen atoms in total. The SMILES string of the molecule is COC(=O)c1cc(Oc2ccc(C(F)(F)F)c(Cl)c2)ccc1CC(C)=O. The van der Waals surface area contributed by atoms with E-state index < -0.39 is 22.7 Å². The quantitative estimate of drug-likeness (QED) is 0.673. The van der Waals surface area contributed by atoms with Gasteiger partial charge in [-0.25, -0.2) is 4.79 Å². The number of hydrogen-bond donors (Lipinski definition) is 0. The molecule has 0 atom stereocenters. The van der Waals surface area contributed by atoms with Gasteiger partial charge in [0, 0.05) is 12.5 Å². The van der Waals surface area contributed by atoms with Gasteiger partial charge >= 0.3 is 12.1 Å². The second-order valence-corrected chi connectivity index (χ2v) is 5.84. The molecule has 0 aromatic heterocycles. The topological polar surface area (TPSA) is 52.6 Å². The van der Waals surface area contributed by atoms with Crippen LogP contribution in [0.3, 0.4) is 0 Å². The molecule has 0 saturated heterocycles. The molecule has 2 aromatic rings. The van der Waals surface area contributed by atoms with Crippen molar-refractivity contribution in [3.63, 3.8) is 0 Å². The number of esters is 1. The van der Waals surface area contributed by atoms with Crippen LogP contribution in [0.2, 0.25) is 5.02 Å². The van der Waals surface area contributed by atoms with Gasteiger partial charge in [-0.1, -0.05) is 17.7 Å². The molecule has 0 bridgehead atoms. The lowest BCUT2D eigenvalue weighted by molar-refractivity contribution is -0.137. The summed E-state index contributed by atoms with van der Waals surface area (Å²) in [6.07, 6.45) is -4.53. The lowest BCUT2D eigenvalue weighted by Crippen LogP contribution is -2.09. The second-order valence-electron chi connectivity index (χ2n) is 5.43. The predicted molar refractivity (Wildman–Crippen MR) is 88.7 cm³/mol. The van der Waals surface area contributed by atoms with Crippen molar-refractivity contribution in [2.24, 2.45) is 0 Å². The molecule has 0 unspecified atom stereocenters. The lowest BCUT2D eigenvalue weighted by atomic mass is 10.0. The summed E-state index contributed by atoms with van der Waals surface area (Å²) in [6.45, 7) is 1.38. The van der Waals surface area contributed by atoms with Gasteiger partial charge in [0.1, 0.15) is 17.3 Å². The Bertz CT molecular complexity index is 847. The van der Waals surface area contributed by atoms with E-state index in [-0.39, 0.29) is 29.3 Å². The highest BCUT2D eigenvalue weighted by Gasteiger charge is 2.33. The Morgan fingerprint density at radius 1 is 1.08 bits per heavy atom. The summed E-state index contributed by atoms with van der Waals surface area (Å²) in [5.74, 6) is -0.540. The molecule has 0 N–H and O–H groups in total. The molecule has 138 valence electrons. The Morgan fingerprint density at radius 2 is 1.69 bits per heavy atom. The fourth-order valence-electron chi connectivity index (χ4n) is 2.27. The maximum Gasteiger partial charge on any atom is 0.417 e. The molecule has 2 rings (SSSR count). The molecule has 2 aromatic carbocycles. The first-order valence-corrected chi connectivity index (χ1v) is 7.75. The molecule has 0 heterocycles. The minimum atomic E-state index is -4.57. The van der Waals surface area contributed by atoms with E-state index in [1.54, 1.807) is 0 Å². The summed E-state index contributed by atoms with van der Waals surface area (Å²) in [5, 5.41) is -0.503. The standard InChI is InChI=1S/C18H14ClF3O4/c1-10(23)7-11-3-4-12(8-14(11)17(24)25-2)26-13-5-6-15(16(19)9-13)18(20,21)22/h3-6,8-9H,7H2,1-2H3. The van der Waals surface area contributed by atoms with Crippen molar-refractivity contribution in [3.8, 4) is 11.5 Å². The zero-order valence-electron chi connectivity index (χ0n) is 13.8. The number of alkyl halides is 3. The van der Waals surface area contributed by atoms with Crippen LogP contribution in [0, 0.1) is 0 Å². The van der Waals surface area contributed by atoms with Crippen molar-refractivity contribution < 1.29 is 32.2 Å². The summed E-state index contributed by atoms with van der Waals surface area (Å²) in [5.41, 5.74) is -0.376. The van der Waals surface area contributed by atoms with Gasteiger partial charge in [-0.3, -0.25) is 4.79 Å². The minimum absolute atomic E-state index is 0.0385. The summed E-state index contributed by atoms with van der Waals surface area (Å²) in [4.78, 5) is 23.2. The summed E-state index contributed by atoms with van der Waals surface area (Å²) in [6, 6.07) is 7.34. The number of methoxy groups -OCH3 is 1. The van der Waals surface area contributed by atoms with Gasteiger partial charge in [-0.2, -0.15) is 13.2 Å². The first-order chi connectivity index (χ1) is 12.1. The molecule has 0 saturated carbocycles. The molecule has 0 aliphatic carbocycles. The van der Waals surface area contributed by atoms with E-state index in [9.17, 15) is 22.8 Å². The Balaban J connectivity index is 2.34. The fourth-order valence-corrected chi connectivity index (χ4v) is 2.54. The number of halogens is 4. The van der Waals surface area contributed by atoms with Gasteiger partial charge in [0.05, 0.1) is 23.3 Å². The van der Waals surface area contributed by atoms with Crippen LogP contribution in [0.25, 0.3) is 0 Å². The third-order valence-electron chi connectivity index (χ3n) is 3.41. The number of Topliss-reactive ketones (excluding diaryl/α,β-unsaturated/α-hetero) is 1. The van der Waals surface area contributed by atoms with E-state index >= 15 is 0 Å². The monoisotopic (exact) mass is 386 g/mol. The molecule has 0 amide bonds. The Morgan fingerprint density at radius 3 is 2.23 bits per heavy atom. The number of ketones is 1. The molecule has 0 aliphatic heterocycles. The van der Waals surface area contributed by atoms with Gasteiger partial charge in [-0.05, 0) is 36.8 Å². The number of carbonyl (C=O) groups excluding carboxylic acids is 2. The normalized spacial score (nSPS) is 11.2.